The van der Waals surface area contributed by atoms with Crippen LogP contribution in [0.1, 0.15) is 25.0 Å². The molecule has 1 N–H and O–H groups in total. The summed E-state index contributed by atoms with van der Waals surface area (Å²) in [5.41, 5.74) is 2.89. The van der Waals surface area contributed by atoms with Gasteiger partial charge in [0.25, 0.3) is 0 Å². The summed E-state index contributed by atoms with van der Waals surface area (Å²) in [6, 6.07) is 11.2. The van der Waals surface area contributed by atoms with Crippen LogP contribution in [-0.4, -0.2) is 51.7 Å². The molecule has 1 fully saturated rings. The van der Waals surface area contributed by atoms with E-state index in [-0.39, 0.29) is 0 Å². The summed E-state index contributed by atoms with van der Waals surface area (Å²) >= 11 is 3.64. The number of halogens is 1. The highest BCUT2D eigenvalue weighted by atomic mass is 35.5. The zero-order valence-corrected chi connectivity index (χ0v) is 14.4. The number of rotatable bonds is 3. The van der Waals surface area contributed by atoms with Crippen molar-refractivity contribution in [1.82, 2.24) is 14.4 Å². The van der Waals surface area contributed by atoms with Crippen LogP contribution in [0.25, 0.3) is 10.9 Å². The molecule has 2 aliphatic rings. The molecule has 4 rings (SSSR count). The van der Waals surface area contributed by atoms with Crippen molar-refractivity contribution < 1.29 is 4.66 Å². The van der Waals surface area contributed by atoms with Gasteiger partial charge in [0.2, 0.25) is 0 Å². The lowest BCUT2D eigenvalue weighted by Crippen LogP contribution is -2.40. The van der Waals surface area contributed by atoms with Crippen LogP contribution in [0.3, 0.4) is 0 Å². The van der Waals surface area contributed by atoms with Gasteiger partial charge in [0.15, 0.2) is 0 Å². The topological polar surface area (TPSA) is 31.6 Å². The fourth-order valence-electron chi connectivity index (χ4n) is 3.87. The fourth-order valence-corrected chi connectivity index (χ4v) is 3.87. The van der Waals surface area contributed by atoms with Crippen molar-refractivity contribution in [1.29, 1.82) is 0 Å². The summed E-state index contributed by atoms with van der Waals surface area (Å²) in [6.45, 7) is 8.55. The predicted octanol–water partition coefficient (Wildman–Crippen LogP) is 3.08. The number of piperidine rings is 1. The van der Waals surface area contributed by atoms with Crippen molar-refractivity contribution in [3.05, 3.63) is 36.0 Å². The third-order valence-corrected chi connectivity index (χ3v) is 5.10. The summed E-state index contributed by atoms with van der Waals surface area (Å²) in [6.07, 6.45) is 4.22. The predicted molar refractivity (Wildman–Crippen MR) is 95.6 cm³/mol. The van der Waals surface area contributed by atoms with Gasteiger partial charge < -0.3 is 9.47 Å². The van der Waals surface area contributed by atoms with E-state index in [2.05, 4.69) is 56.6 Å². The molecular formula is C18H26ClN3O. The van der Waals surface area contributed by atoms with E-state index in [1.165, 1.54) is 68.6 Å². The zero-order valence-electron chi connectivity index (χ0n) is 13.6. The maximum Gasteiger partial charge on any atom is 0.0579 e. The smallest absolute Gasteiger partial charge is 0.0579 e. The molecule has 0 saturated carbocycles. The normalized spacial score (nSPS) is 19.2. The van der Waals surface area contributed by atoms with Crippen molar-refractivity contribution >= 4 is 22.8 Å². The highest BCUT2D eigenvalue weighted by Crippen LogP contribution is 2.23. The third-order valence-electron chi connectivity index (χ3n) is 5.10. The number of likely N-dealkylation sites (tertiary alicyclic amines) is 1. The lowest BCUT2D eigenvalue weighted by molar-refractivity contribution is 0.162. The van der Waals surface area contributed by atoms with Crippen LogP contribution in [0.4, 0.5) is 0 Å². The first-order valence-electron chi connectivity index (χ1n) is 8.59. The Morgan fingerprint density at radius 3 is 2.43 bits per heavy atom. The first-order chi connectivity index (χ1) is 11.4. The van der Waals surface area contributed by atoms with Gasteiger partial charge in [-0.2, -0.15) is 0 Å². The van der Waals surface area contributed by atoms with Crippen LogP contribution in [-0.2, 0) is 13.1 Å². The standard InChI is InChI=1S/C18H25N3.ClHO/c1-4-8-19(9-5-1)10-11-20-12-13-21-17(15-20)14-16-6-2-3-7-18(16)21;1-2/h2-3,6-7,14H,1,4-5,8-13,15H2;2H. The second-order valence-corrected chi connectivity index (χ2v) is 6.52. The number of nitrogens with zero attached hydrogens (tertiary/aromatic N) is 3. The van der Waals surface area contributed by atoms with Crippen molar-refractivity contribution in [2.75, 3.05) is 32.7 Å². The molecule has 1 aromatic carbocycles. The fraction of sp³-hybridized carbons (Fsp3) is 0.556. The van der Waals surface area contributed by atoms with Crippen LogP contribution in [0.15, 0.2) is 30.3 Å². The highest BCUT2D eigenvalue weighted by Gasteiger charge is 2.19. The maximum absolute atomic E-state index is 6.47. The summed E-state index contributed by atoms with van der Waals surface area (Å²) in [4.78, 5) is 5.27. The van der Waals surface area contributed by atoms with Crippen molar-refractivity contribution in [3.63, 3.8) is 0 Å². The van der Waals surface area contributed by atoms with Crippen LogP contribution >= 0.6 is 11.9 Å². The number of benzene rings is 1. The summed E-state index contributed by atoms with van der Waals surface area (Å²) < 4.78 is 8.98. The Balaban J connectivity index is 0.000000753. The number of fused-ring (bicyclic) bond motifs is 3. The Morgan fingerprint density at radius 1 is 0.870 bits per heavy atom. The van der Waals surface area contributed by atoms with Crippen LogP contribution in [0.2, 0.25) is 0 Å². The molecular weight excluding hydrogens is 310 g/mol. The van der Waals surface area contributed by atoms with Gasteiger partial charge in [0.1, 0.15) is 0 Å². The third kappa shape index (κ3) is 3.89. The second kappa shape index (κ2) is 8.15. The molecule has 2 aromatic rings. The van der Waals surface area contributed by atoms with E-state index in [0.29, 0.717) is 0 Å². The van der Waals surface area contributed by atoms with Crippen LogP contribution in [0, 0.1) is 0 Å². The van der Waals surface area contributed by atoms with Crippen LogP contribution < -0.4 is 0 Å². The molecule has 0 spiro atoms. The van der Waals surface area contributed by atoms with Gasteiger partial charge >= 0.3 is 0 Å². The molecule has 0 aliphatic carbocycles. The molecule has 126 valence electrons. The maximum atomic E-state index is 6.47. The van der Waals surface area contributed by atoms with E-state index in [4.69, 9.17) is 4.66 Å². The average Bonchev–Trinajstić information content (AvgIpc) is 3.00. The second-order valence-electron chi connectivity index (χ2n) is 6.52. The van der Waals surface area contributed by atoms with E-state index in [1.54, 1.807) is 0 Å². The van der Waals surface area contributed by atoms with Gasteiger partial charge in [0.05, 0.1) is 11.9 Å². The Kier molecular flexibility index (Phi) is 5.95. The SMILES string of the molecule is OCl.c1ccc2c(c1)cc1n2CCN(CCN2CCCCC2)C1. The molecule has 0 bridgehead atoms. The van der Waals surface area contributed by atoms with E-state index in [1.807, 2.05) is 0 Å². The Morgan fingerprint density at radius 2 is 1.61 bits per heavy atom. The molecule has 2 aliphatic heterocycles. The van der Waals surface area contributed by atoms with Crippen molar-refractivity contribution in [2.45, 2.75) is 32.4 Å². The molecule has 1 saturated heterocycles. The molecule has 0 radical (unpaired) electrons. The van der Waals surface area contributed by atoms with E-state index < -0.39 is 0 Å². The van der Waals surface area contributed by atoms with Gasteiger partial charge in [-0.1, -0.05) is 24.6 Å². The molecule has 0 unspecified atom stereocenters. The molecule has 1 aromatic heterocycles. The largest absolute Gasteiger partial charge is 0.342 e. The Hall–Kier alpha value is -1.07. The lowest BCUT2D eigenvalue weighted by atomic mass is 10.1. The molecule has 23 heavy (non-hydrogen) atoms. The van der Waals surface area contributed by atoms with E-state index >= 15 is 0 Å². The van der Waals surface area contributed by atoms with Crippen molar-refractivity contribution in [3.8, 4) is 0 Å². The Bertz CT molecular complexity index is 622. The number of aromatic nitrogens is 1. The average molecular weight is 336 g/mol. The first-order valence-corrected chi connectivity index (χ1v) is 8.93. The summed E-state index contributed by atoms with van der Waals surface area (Å²) in [5, 5.41) is 1.39. The minimum Gasteiger partial charge on any atom is -0.342 e. The number of para-hydroxylation sites is 1. The summed E-state index contributed by atoms with van der Waals surface area (Å²) in [7, 11) is 0. The molecule has 4 nitrogen and oxygen atoms in total. The van der Waals surface area contributed by atoms with Gasteiger partial charge in [-0.3, -0.25) is 9.56 Å². The van der Waals surface area contributed by atoms with E-state index in [0.717, 1.165) is 13.1 Å². The molecule has 0 amide bonds. The van der Waals surface area contributed by atoms with Crippen molar-refractivity contribution in [2.24, 2.45) is 0 Å². The van der Waals surface area contributed by atoms with Gasteiger partial charge in [-0.05, 0) is 43.5 Å². The van der Waals surface area contributed by atoms with Gasteiger partial charge in [-0.15, -0.1) is 0 Å². The lowest BCUT2D eigenvalue weighted by Gasteiger charge is -2.32. The van der Waals surface area contributed by atoms with Gasteiger partial charge in [0, 0.05) is 43.9 Å². The first kappa shape index (κ1) is 16.8. The molecule has 0 atom stereocenters. The monoisotopic (exact) mass is 335 g/mol. The van der Waals surface area contributed by atoms with Gasteiger partial charge in [-0.25, -0.2) is 0 Å². The van der Waals surface area contributed by atoms with Crippen LogP contribution in [0.5, 0.6) is 0 Å². The molecule has 3 heterocycles. The zero-order chi connectivity index (χ0) is 16.1. The highest BCUT2D eigenvalue weighted by molar-refractivity contribution is 6.04. The Labute approximate surface area is 143 Å². The minimum atomic E-state index is 1.11. The number of hydrogen-bond acceptors (Lipinski definition) is 3. The molecule has 5 heteroatoms. The number of hydrogen-bond donors (Lipinski definition) is 1. The quantitative estimate of drug-likeness (QED) is 0.935. The van der Waals surface area contributed by atoms with E-state index in [9.17, 15) is 0 Å². The summed E-state index contributed by atoms with van der Waals surface area (Å²) in [5.74, 6) is 0. The minimum absolute atomic E-state index is 1.11.